The lowest BCUT2D eigenvalue weighted by Gasteiger charge is -2.03. The monoisotopic (exact) mass is 325 g/mol. The van der Waals surface area contributed by atoms with Crippen molar-refractivity contribution >= 4 is 37.3 Å². The van der Waals surface area contributed by atoms with Crippen LogP contribution in [0.3, 0.4) is 0 Å². The number of rotatable bonds is 4. The van der Waals surface area contributed by atoms with Gasteiger partial charge in [0, 0.05) is 10.9 Å². The number of hydrogen-bond donors (Lipinski definition) is 2. The first-order chi connectivity index (χ1) is 7.44. The van der Waals surface area contributed by atoms with Gasteiger partial charge in [-0.05, 0) is 34.3 Å². The molecule has 7 heteroatoms. The van der Waals surface area contributed by atoms with E-state index in [2.05, 4.69) is 20.7 Å². The van der Waals surface area contributed by atoms with Gasteiger partial charge in [0.05, 0.1) is 10.4 Å². The zero-order chi connectivity index (χ0) is 11.9. The van der Waals surface area contributed by atoms with Crippen LogP contribution in [-0.4, -0.2) is 19.6 Å². The number of sulfonamides is 1. The summed E-state index contributed by atoms with van der Waals surface area (Å²) in [6.07, 6.45) is 0.897. The molecule has 0 amide bonds. The highest BCUT2D eigenvalue weighted by Crippen LogP contribution is 2.35. The van der Waals surface area contributed by atoms with Crippen LogP contribution < -0.4 is 4.72 Å². The maximum atomic E-state index is 12.0. The maximum Gasteiger partial charge on any atom is 0.242 e. The first-order valence-electron chi connectivity index (χ1n) is 4.85. The van der Waals surface area contributed by atoms with Gasteiger partial charge < -0.3 is 5.11 Å². The van der Waals surface area contributed by atoms with Crippen LogP contribution >= 0.6 is 27.3 Å². The van der Waals surface area contributed by atoms with E-state index < -0.39 is 10.0 Å². The molecular weight excluding hydrogens is 314 g/mol. The van der Waals surface area contributed by atoms with Gasteiger partial charge in [0.2, 0.25) is 10.0 Å². The van der Waals surface area contributed by atoms with Crippen molar-refractivity contribution in [2.24, 2.45) is 5.92 Å². The average Bonchev–Trinajstić information content (AvgIpc) is 2.74. The molecule has 1 aromatic heterocycles. The SMILES string of the molecule is CC1CC1NS(=O)(=O)c1cc(CO)sc1Br. The van der Waals surface area contributed by atoms with Crippen LogP contribution in [0, 0.1) is 5.92 Å². The van der Waals surface area contributed by atoms with Gasteiger partial charge in [0.15, 0.2) is 0 Å². The summed E-state index contributed by atoms with van der Waals surface area (Å²) in [5.74, 6) is 0.421. The predicted octanol–water partition coefficient (Wildman–Crippen LogP) is 1.69. The average molecular weight is 326 g/mol. The molecule has 4 nitrogen and oxygen atoms in total. The first-order valence-corrected chi connectivity index (χ1v) is 7.94. The molecule has 1 aliphatic rings. The quantitative estimate of drug-likeness (QED) is 0.885. The minimum absolute atomic E-state index is 0.0642. The molecule has 1 fully saturated rings. The van der Waals surface area contributed by atoms with E-state index in [0.29, 0.717) is 14.6 Å². The number of nitrogens with one attached hydrogen (secondary N) is 1. The van der Waals surface area contributed by atoms with E-state index in [4.69, 9.17) is 5.11 Å². The topological polar surface area (TPSA) is 66.4 Å². The van der Waals surface area contributed by atoms with Crippen LogP contribution in [-0.2, 0) is 16.6 Å². The van der Waals surface area contributed by atoms with Crippen molar-refractivity contribution in [1.29, 1.82) is 0 Å². The molecule has 90 valence electrons. The lowest BCUT2D eigenvalue weighted by molar-refractivity contribution is 0.285. The molecule has 2 N–H and O–H groups in total. The Balaban J connectivity index is 2.24. The lowest BCUT2D eigenvalue weighted by atomic mass is 10.5. The molecule has 2 unspecified atom stereocenters. The van der Waals surface area contributed by atoms with Crippen molar-refractivity contribution in [3.8, 4) is 0 Å². The summed E-state index contributed by atoms with van der Waals surface area (Å²) < 4.78 is 27.1. The van der Waals surface area contributed by atoms with E-state index in [1.54, 1.807) is 0 Å². The number of aliphatic hydroxyl groups is 1. The number of thiophene rings is 1. The Morgan fingerprint density at radius 3 is 2.75 bits per heavy atom. The first kappa shape index (κ1) is 12.5. The van der Waals surface area contributed by atoms with Crippen molar-refractivity contribution in [3.05, 3.63) is 14.7 Å². The molecule has 0 aromatic carbocycles. The Morgan fingerprint density at radius 1 is 1.69 bits per heavy atom. The molecule has 0 bridgehead atoms. The summed E-state index contributed by atoms with van der Waals surface area (Å²) in [7, 11) is -3.45. The molecule has 16 heavy (non-hydrogen) atoms. The van der Waals surface area contributed by atoms with Crippen LogP contribution in [0.25, 0.3) is 0 Å². The normalized spacial score (nSPS) is 24.7. The highest BCUT2D eigenvalue weighted by atomic mass is 79.9. The van der Waals surface area contributed by atoms with Crippen molar-refractivity contribution in [3.63, 3.8) is 0 Å². The highest BCUT2D eigenvalue weighted by Gasteiger charge is 2.37. The second-order valence-electron chi connectivity index (χ2n) is 3.95. The van der Waals surface area contributed by atoms with Crippen molar-refractivity contribution in [2.75, 3.05) is 0 Å². The summed E-state index contributed by atoms with van der Waals surface area (Å²) in [5.41, 5.74) is 0. The maximum absolute atomic E-state index is 12.0. The fourth-order valence-electron chi connectivity index (χ4n) is 1.41. The number of hydrogen-bond acceptors (Lipinski definition) is 4. The van der Waals surface area contributed by atoms with Crippen molar-refractivity contribution in [1.82, 2.24) is 4.72 Å². The third-order valence-electron chi connectivity index (χ3n) is 2.57. The molecule has 2 atom stereocenters. The Morgan fingerprint density at radius 2 is 2.31 bits per heavy atom. The largest absolute Gasteiger partial charge is 0.391 e. The Kier molecular flexibility index (Phi) is 3.42. The summed E-state index contributed by atoms with van der Waals surface area (Å²) in [6.45, 7) is 1.87. The summed E-state index contributed by atoms with van der Waals surface area (Å²) in [4.78, 5) is 0.858. The van der Waals surface area contributed by atoms with Crippen LogP contribution in [0.2, 0.25) is 0 Å². The van der Waals surface area contributed by atoms with Gasteiger partial charge in [-0.3, -0.25) is 0 Å². The Labute approximate surface area is 107 Å². The number of aliphatic hydroxyl groups excluding tert-OH is 1. The van der Waals surface area contributed by atoms with Crippen LogP contribution in [0.5, 0.6) is 0 Å². The second-order valence-corrected chi connectivity index (χ2v) is 8.09. The number of halogens is 1. The molecule has 1 heterocycles. The van der Waals surface area contributed by atoms with E-state index in [1.165, 1.54) is 17.4 Å². The van der Waals surface area contributed by atoms with Gasteiger partial charge >= 0.3 is 0 Å². The molecule has 0 spiro atoms. The van der Waals surface area contributed by atoms with E-state index >= 15 is 0 Å². The van der Waals surface area contributed by atoms with Crippen LogP contribution in [0.1, 0.15) is 18.2 Å². The van der Waals surface area contributed by atoms with Gasteiger partial charge in [0.1, 0.15) is 4.90 Å². The van der Waals surface area contributed by atoms with Gasteiger partial charge in [-0.25, -0.2) is 13.1 Å². The van der Waals surface area contributed by atoms with E-state index in [1.807, 2.05) is 6.92 Å². The van der Waals surface area contributed by atoms with Crippen LogP contribution in [0.4, 0.5) is 0 Å². The van der Waals surface area contributed by atoms with Gasteiger partial charge in [-0.1, -0.05) is 6.92 Å². The van der Waals surface area contributed by atoms with Crippen LogP contribution in [0.15, 0.2) is 14.7 Å². The zero-order valence-electron chi connectivity index (χ0n) is 8.60. The van der Waals surface area contributed by atoms with Gasteiger partial charge in [-0.2, -0.15) is 0 Å². The van der Waals surface area contributed by atoms with E-state index in [0.717, 1.165) is 6.42 Å². The van der Waals surface area contributed by atoms with Gasteiger partial charge in [0.25, 0.3) is 0 Å². The van der Waals surface area contributed by atoms with E-state index in [-0.39, 0.29) is 17.5 Å². The van der Waals surface area contributed by atoms with Crippen molar-refractivity contribution in [2.45, 2.75) is 30.9 Å². The molecule has 1 aliphatic carbocycles. The fourth-order valence-corrected chi connectivity index (χ4v) is 5.31. The van der Waals surface area contributed by atoms with E-state index in [9.17, 15) is 8.42 Å². The summed E-state index contributed by atoms with van der Waals surface area (Å²) in [6, 6.07) is 1.57. The Hall–Kier alpha value is 0.0500. The minimum atomic E-state index is -3.45. The molecule has 2 rings (SSSR count). The smallest absolute Gasteiger partial charge is 0.242 e. The minimum Gasteiger partial charge on any atom is -0.391 e. The highest BCUT2D eigenvalue weighted by molar-refractivity contribution is 9.11. The third kappa shape index (κ3) is 2.48. The van der Waals surface area contributed by atoms with Gasteiger partial charge in [-0.15, -0.1) is 11.3 Å². The molecule has 0 saturated heterocycles. The standard InChI is InChI=1S/C9H12BrNO3S2/c1-5-2-7(5)11-16(13,14)8-3-6(4-12)15-9(8)10/h3,5,7,11-12H,2,4H2,1H3. The zero-order valence-corrected chi connectivity index (χ0v) is 11.8. The second kappa shape index (κ2) is 4.38. The molecule has 1 aromatic rings. The predicted molar refractivity (Wildman–Crippen MR) is 65.8 cm³/mol. The molecule has 0 radical (unpaired) electrons. The third-order valence-corrected chi connectivity index (χ3v) is 6.29. The Bertz CT molecular complexity index is 497. The molecule has 0 aliphatic heterocycles. The molecular formula is C9H12BrNO3S2. The lowest BCUT2D eigenvalue weighted by Crippen LogP contribution is -2.26. The fraction of sp³-hybridized carbons (Fsp3) is 0.556. The summed E-state index contributed by atoms with van der Waals surface area (Å²) in [5, 5.41) is 8.95. The molecule has 1 saturated carbocycles. The van der Waals surface area contributed by atoms with Crippen molar-refractivity contribution < 1.29 is 13.5 Å². The summed E-state index contributed by atoms with van der Waals surface area (Å²) >= 11 is 4.44.